The molecule has 0 radical (unpaired) electrons. The highest BCUT2D eigenvalue weighted by Gasteiger charge is 2.20. The number of unbranched alkanes of at least 4 members (excludes halogenated alkanes) is 44. The van der Waals surface area contributed by atoms with Crippen LogP contribution in [-0.4, -0.2) is 47.4 Å². The summed E-state index contributed by atoms with van der Waals surface area (Å²) in [6, 6.07) is -0.560. The summed E-state index contributed by atoms with van der Waals surface area (Å²) in [4.78, 5) is 24.6. The summed E-state index contributed by atoms with van der Waals surface area (Å²) in [6.45, 7) is 4.93. The van der Waals surface area contributed by atoms with Gasteiger partial charge in [0.2, 0.25) is 5.91 Å². The predicted molar refractivity (Wildman–Crippen MR) is 292 cm³/mol. The van der Waals surface area contributed by atoms with Crippen molar-refractivity contribution in [1.82, 2.24) is 5.32 Å². The zero-order valence-electron chi connectivity index (χ0n) is 45.4. The van der Waals surface area contributed by atoms with Crippen LogP contribution in [0.25, 0.3) is 0 Å². The second-order valence-corrected chi connectivity index (χ2v) is 21.0. The second kappa shape index (κ2) is 57.2. The third kappa shape index (κ3) is 53.8. The first-order valence-corrected chi connectivity index (χ1v) is 30.4. The molecular formula is C61H119NO5. The van der Waals surface area contributed by atoms with Gasteiger partial charge in [-0.15, -0.1) is 0 Å². The van der Waals surface area contributed by atoms with E-state index in [4.69, 9.17) is 4.74 Å². The Morgan fingerprint density at radius 1 is 0.403 bits per heavy atom. The van der Waals surface area contributed by atoms with E-state index in [-0.39, 0.29) is 18.5 Å². The number of carbonyl (C=O) groups excluding carboxylic acids is 2. The molecule has 0 aliphatic heterocycles. The Bertz CT molecular complexity index is 1000. The lowest BCUT2D eigenvalue weighted by Gasteiger charge is -2.22. The quantitative estimate of drug-likeness (QED) is 0.0321. The van der Waals surface area contributed by atoms with Crippen LogP contribution >= 0.6 is 0 Å². The number of aliphatic hydroxyl groups excluding tert-OH is 2. The van der Waals surface area contributed by atoms with Gasteiger partial charge in [-0.1, -0.05) is 283 Å². The average molecular weight is 947 g/mol. The summed E-state index contributed by atoms with van der Waals surface area (Å²) < 4.78 is 5.47. The summed E-state index contributed by atoms with van der Waals surface area (Å²) in [6.07, 6.45) is 67.8. The van der Waals surface area contributed by atoms with Crippen LogP contribution in [0.1, 0.15) is 341 Å². The van der Waals surface area contributed by atoms with Gasteiger partial charge in [-0.05, 0) is 57.8 Å². The largest absolute Gasteiger partial charge is 0.466 e. The number of nitrogens with one attached hydrogen (secondary N) is 1. The van der Waals surface area contributed by atoms with Crippen molar-refractivity contribution >= 4 is 11.9 Å². The van der Waals surface area contributed by atoms with Gasteiger partial charge in [0.05, 0.1) is 25.4 Å². The number of carbonyl (C=O) groups is 2. The van der Waals surface area contributed by atoms with Crippen LogP contribution in [0.2, 0.25) is 0 Å². The molecule has 1 amide bonds. The maximum atomic E-state index is 12.5. The summed E-state index contributed by atoms with van der Waals surface area (Å²) in [7, 11) is 0. The van der Waals surface area contributed by atoms with Gasteiger partial charge in [0, 0.05) is 12.8 Å². The molecule has 0 fully saturated rings. The van der Waals surface area contributed by atoms with Gasteiger partial charge in [0.15, 0.2) is 0 Å². The Morgan fingerprint density at radius 2 is 0.701 bits per heavy atom. The zero-order chi connectivity index (χ0) is 48.6. The van der Waals surface area contributed by atoms with E-state index < -0.39 is 12.1 Å². The highest BCUT2D eigenvalue weighted by atomic mass is 16.5. The number of ether oxygens (including phenoxy) is 1. The Labute approximate surface area is 419 Å². The Morgan fingerprint density at radius 3 is 1.06 bits per heavy atom. The minimum Gasteiger partial charge on any atom is -0.466 e. The normalized spacial score (nSPS) is 12.6. The van der Waals surface area contributed by atoms with Crippen molar-refractivity contribution in [2.24, 2.45) is 0 Å². The van der Waals surface area contributed by atoms with Crippen molar-refractivity contribution in [2.75, 3.05) is 13.2 Å². The molecule has 0 spiro atoms. The summed E-state index contributed by atoms with van der Waals surface area (Å²) in [5.74, 6) is -0.0741. The second-order valence-electron chi connectivity index (χ2n) is 21.0. The third-order valence-electron chi connectivity index (χ3n) is 14.3. The molecule has 2 unspecified atom stereocenters. The Balaban J connectivity index is 3.46. The molecule has 0 aromatic heterocycles. The first kappa shape index (κ1) is 65.6. The molecule has 0 saturated heterocycles. The lowest BCUT2D eigenvalue weighted by molar-refractivity contribution is -0.143. The number of allylic oxidation sites excluding steroid dienone is 2. The van der Waals surface area contributed by atoms with E-state index in [1.165, 1.54) is 231 Å². The summed E-state index contributed by atoms with van der Waals surface area (Å²) in [5.41, 5.74) is 0. The fourth-order valence-electron chi connectivity index (χ4n) is 9.64. The number of hydrogen-bond donors (Lipinski definition) is 3. The van der Waals surface area contributed by atoms with Gasteiger partial charge in [0.1, 0.15) is 0 Å². The van der Waals surface area contributed by atoms with Gasteiger partial charge >= 0.3 is 5.97 Å². The molecule has 0 saturated carbocycles. The van der Waals surface area contributed by atoms with Gasteiger partial charge in [-0.3, -0.25) is 9.59 Å². The smallest absolute Gasteiger partial charge is 0.305 e. The zero-order valence-corrected chi connectivity index (χ0v) is 45.4. The first-order chi connectivity index (χ1) is 33.0. The van der Waals surface area contributed by atoms with Crippen LogP contribution in [0.4, 0.5) is 0 Å². The number of rotatable bonds is 57. The number of hydrogen-bond acceptors (Lipinski definition) is 5. The van der Waals surface area contributed by atoms with E-state index in [0.717, 1.165) is 77.0 Å². The van der Waals surface area contributed by atoms with Gasteiger partial charge in [-0.2, -0.15) is 0 Å². The summed E-state index contributed by atoms with van der Waals surface area (Å²) in [5, 5.41) is 23.3. The topological polar surface area (TPSA) is 95.9 Å². The number of amides is 1. The van der Waals surface area contributed by atoms with Crippen molar-refractivity contribution < 1.29 is 24.5 Å². The molecule has 6 heteroatoms. The molecular weight excluding hydrogens is 827 g/mol. The van der Waals surface area contributed by atoms with Crippen LogP contribution in [-0.2, 0) is 14.3 Å². The van der Waals surface area contributed by atoms with Crippen molar-refractivity contribution in [3.8, 4) is 0 Å². The van der Waals surface area contributed by atoms with Crippen LogP contribution in [0.3, 0.4) is 0 Å². The van der Waals surface area contributed by atoms with Crippen molar-refractivity contribution in [3.63, 3.8) is 0 Å². The van der Waals surface area contributed by atoms with Crippen molar-refractivity contribution in [3.05, 3.63) is 12.2 Å². The van der Waals surface area contributed by atoms with Gasteiger partial charge in [-0.25, -0.2) is 0 Å². The molecule has 3 N–H and O–H groups in total. The van der Waals surface area contributed by atoms with Crippen LogP contribution in [0.5, 0.6) is 0 Å². The molecule has 2 atom stereocenters. The summed E-state index contributed by atoms with van der Waals surface area (Å²) >= 11 is 0. The average Bonchev–Trinajstić information content (AvgIpc) is 3.33. The SMILES string of the molecule is CCCCCCCCCCCCCCCCCCCCCCC(O)C(CO)NC(=O)CCCCCCC/C=C\CCCCCOC(=O)CCCCCCCCCCCCCCCCCCCC. The molecule has 0 heterocycles. The maximum Gasteiger partial charge on any atom is 0.305 e. The van der Waals surface area contributed by atoms with Crippen molar-refractivity contribution in [1.29, 1.82) is 0 Å². The molecule has 0 aliphatic rings. The molecule has 67 heavy (non-hydrogen) atoms. The first-order valence-electron chi connectivity index (χ1n) is 30.4. The lowest BCUT2D eigenvalue weighted by atomic mass is 10.0. The van der Waals surface area contributed by atoms with Crippen LogP contribution in [0.15, 0.2) is 12.2 Å². The monoisotopic (exact) mass is 946 g/mol. The van der Waals surface area contributed by atoms with Gasteiger partial charge in [0.25, 0.3) is 0 Å². The molecule has 0 aliphatic carbocycles. The van der Waals surface area contributed by atoms with E-state index in [2.05, 4.69) is 31.3 Å². The fraction of sp³-hybridized carbons (Fsp3) is 0.934. The highest BCUT2D eigenvalue weighted by Crippen LogP contribution is 2.18. The maximum absolute atomic E-state index is 12.5. The van der Waals surface area contributed by atoms with E-state index >= 15 is 0 Å². The Kier molecular flexibility index (Phi) is 56.0. The molecule has 0 rings (SSSR count). The van der Waals surface area contributed by atoms with E-state index in [1.54, 1.807) is 0 Å². The Hall–Kier alpha value is -1.40. The molecule has 398 valence electrons. The number of aliphatic hydroxyl groups is 2. The van der Waals surface area contributed by atoms with E-state index in [0.29, 0.717) is 25.9 Å². The highest BCUT2D eigenvalue weighted by molar-refractivity contribution is 5.76. The number of esters is 1. The van der Waals surface area contributed by atoms with Gasteiger partial charge < -0.3 is 20.3 Å². The van der Waals surface area contributed by atoms with E-state index in [9.17, 15) is 19.8 Å². The lowest BCUT2D eigenvalue weighted by Crippen LogP contribution is -2.45. The predicted octanol–water partition coefficient (Wildman–Crippen LogP) is 18.9. The molecule has 0 bridgehead atoms. The molecule has 0 aromatic rings. The van der Waals surface area contributed by atoms with Crippen LogP contribution in [0, 0.1) is 0 Å². The molecule has 6 nitrogen and oxygen atoms in total. The van der Waals surface area contributed by atoms with Crippen molar-refractivity contribution in [2.45, 2.75) is 353 Å². The third-order valence-corrected chi connectivity index (χ3v) is 14.3. The van der Waals surface area contributed by atoms with Crippen LogP contribution < -0.4 is 5.32 Å². The standard InChI is InChI=1S/C61H119NO5/c1-3-5-7-9-11-13-15-17-19-21-23-24-25-27-29-33-37-41-45-49-53-59(64)58(57-63)62-60(65)54-50-46-42-38-34-31-32-36-40-44-48-52-56-67-61(66)55-51-47-43-39-35-30-28-26-22-20-18-16-14-12-10-8-6-4-2/h32,36,58-59,63-64H,3-31,33-35,37-57H2,1-2H3,(H,62,65)/b36-32-. The van der Waals surface area contributed by atoms with E-state index in [1.807, 2.05) is 0 Å². The minimum absolute atomic E-state index is 0.0172. The minimum atomic E-state index is -0.680. The fourth-order valence-corrected chi connectivity index (χ4v) is 9.64. The molecule has 0 aromatic carbocycles.